The van der Waals surface area contributed by atoms with Gasteiger partial charge in [-0.15, -0.1) is 0 Å². The number of hydrogen-bond acceptors (Lipinski definition) is 3. The Bertz CT molecular complexity index is 189. The lowest BCUT2D eigenvalue weighted by atomic mass is 10.0. The van der Waals surface area contributed by atoms with Crippen molar-refractivity contribution in [1.29, 1.82) is 0 Å². The fourth-order valence-electron chi connectivity index (χ4n) is 2.34. The summed E-state index contributed by atoms with van der Waals surface area (Å²) >= 11 is 0. The number of ether oxygens (including phenoxy) is 1. The summed E-state index contributed by atoms with van der Waals surface area (Å²) in [5.74, 6) is 1.50. The largest absolute Gasteiger partial charge is 0.379 e. The van der Waals surface area contributed by atoms with E-state index < -0.39 is 0 Å². The van der Waals surface area contributed by atoms with Gasteiger partial charge in [0.15, 0.2) is 0 Å². The zero-order valence-electron chi connectivity index (χ0n) is 12.0. The van der Waals surface area contributed by atoms with Crippen molar-refractivity contribution in [2.24, 2.45) is 11.8 Å². The maximum absolute atomic E-state index is 5.42. The molecule has 0 aromatic heterocycles. The molecule has 1 unspecified atom stereocenters. The lowest BCUT2D eigenvalue weighted by Gasteiger charge is -2.37. The van der Waals surface area contributed by atoms with Crippen LogP contribution in [0.5, 0.6) is 0 Å². The Hall–Kier alpha value is -0.120. The summed E-state index contributed by atoms with van der Waals surface area (Å²) in [5, 5.41) is 3.61. The van der Waals surface area contributed by atoms with Gasteiger partial charge < -0.3 is 10.1 Å². The van der Waals surface area contributed by atoms with Crippen LogP contribution < -0.4 is 5.32 Å². The van der Waals surface area contributed by atoms with E-state index >= 15 is 0 Å². The Morgan fingerprint density at radius 1 is 1.12 bits per heavy atom. The predicted octanol–water partition coefficient (Wildman–Crippen LogP) is 1.98. The average molecular weight is 242 g/mol. The maximum Gasteiger partial charge on any atom is 0.0594 e. The van der Waals surface area contributed by atoms with Crippen molar-refractivity contribution in [2.75, 3.05) is 39.4 Å². The molecule has 1 heterocycles. The molecule has 1 fully saturated rings. The van der Waals surface area contributed by atoms with Gasteiger partial charge in [0.2, 0.25) is 0 Å². The monoisotopic (exact) mass is 242 g/mol. The summed E-state index contributed by atoms with van der Waals surface area (Å²) in [7, 11) is 0. The normalized spacial score (nSPS) is 20.1. The highest BCUT2D eigenvalue weighted by atomic mass is 16.5. The molecule has 0 spiro atoms. The van der Waals surface area contributed by atoms with E-state index in [0.29, 0.717) is 12.0 Å². The Balaban J connectivity index is 2.27. The summed E-state index contributed by atoms with van der Waals surface area (Å²) in [6.45, 7) is 15.4. The van der Waals surface area contributed by atoms with E-state index in [1.54, 1.807) is 0 Å². The first-order valence-electron chi connectivity index (χ1n) is 7.13. The van der Waals surface area contributed by atoms with E-state index in [9.17, 15) is 0 Å². The first kappa shape index (κ1) is 14.9. The van der Waals surface area contributed by atoms with Gasteiger partial charge in [-0.25, -0.2) is 0 Å². The minimum Gasteiger partial charge on any atom is -0.379 e. The first-order chi connectivity index (χ1) is 8.11. The van der Waals surface area contributed by atoms with E-state index in [-0.39, 0.29) is 0 Å². The van der Waals surface area contributed by atoms with E-state index in [1.807, 2.05) is 0 Å². The minimum atomic E-state index is 0.658. The Morgan fingerprint density at radius 2 is 1.76 bits per heavy atom. The molecule has 0 aliphatic carbocycles. The van der Waals surface area contributed by atoms with Crippen molar-refractivity contribution < 1.29 is 4.74 Å². The summed E-state index contributed by atoms with van der Waals surface area (Å²) in [5.41, 5.74) is 0. The van der Waals surface area contributed by atoms with Crippen molar-refractivity contribution >= 4 is 0 Å². The third kappa shape index (κ3) is 5.84. The van der Waals surface area contributed by atoms with Crippen molar-refractivity contribution in [3.63, 3.8) is 0 Å². The zero-order valence-corrected chi connectivity index (χ0v) is 12.0. The van der Waals surface area contributed by atoms with Crippen LogP contribution in [0.4, 0.5) is 0 Å². The Labute approximate surface area is 107 Å². The maximum atomic E-state index is 5.42. The molecule has 3 heteroatoms. The van der Waals surface area contributed by atoms with Crippen molar-refractivity contribution in [3.05, 3.63) is 0 Å². The highest BCUT2D eigenvalue weighted by Crippen LogP contribution is 2.12. The number of nitrogens with zero attached hydrogens (tertiary/aromatic N) is 1. The lowest BCUT2D eigenvalue weighted by Crippen LogP contribution is -2.50. The molecule has 3 nitrogen and oxygen atoms in total. The van der Waals surface area contributed by atoms with Crippen LogP contribution in [0.2, 0.25) is 0 Å². The van der Waals surface area contributed by atoms with Crippen LogP contribution in [0.3, 0.4) is 0 Å². The van der Waals surface area contributed by atoms with Gasteiger partial charge in [0, 0.05) is 25.7 Å². The summed E-state index contributed by atoms with van der Waals surface area (Å²) < 4.78 is 5.42. The van der Waals surface area contributed by atoms with Crippen LogP contribution >= 0.6 is 0 Å². The SMILES string of the molecule is CC(C)CCNCC(C(C)C)N1CCOCC1. The minimum absolute atomic E-state index is 0.658. The standard InChI is InChI=1S/C14H30N2O/c1-12(2)5-6-15-11-14(13(3)4)16-7-9-17-10-8-16/h12-15H,5-11H2,1-4H3. The molecule has 0 aromatic carbocycles. The highest BCUT2D eigenvalue weighted by Gasteiger charge is 2.23. The lowest BCUT2D eigenvalue weighted by molar-refractivity contribution is 0.00655. The van der Waals surface area contributed by atoms with E-state index in [0.717, 1.165) is 45.3 Å². The molecule has 1 atom stereocenters. The second-order valence-electron chi connectivity index (χ2n) is 5.85. The second-order valence-corrected chi connectivity index (χ2v) is 5.85. The van der Waals surface area contributed by atoms with E-state index in [1.165, 1.54) is 6.42 Å². The van der Waals surface area contributed by atoms with E-state index in [4.69, 9.17) is 4.74 Å². The van der Waals surface area contributed by atoms with Crippen LogP contribution in [0.1, 0.15) is 34.1 Å². The molecule has 1 aliphatic heterocycles. The van der Waals surface area contributed by atoms with Crippen molar-refractivity contribution in [2.45, 2.75) is 40.2 Å². The zero-order chi connectivity index (χ0) is 12.7. The summed E-state index contributed by atoms with van der Waals surface area (Å²) in [4.78, 5) is 2.58. The third-order valence-electron chi connectivity index (χ3n) is 3.54. The van der Waals surface area contributed by atoms with Gasteiger partial charge in [0.1, 0.15) is 0 Å². The molecule has 1 N–H and O–H groups in total. The fourth-order valence-corrected chi connectivity index (χ4v) is 2.34. The van der Waals surface area contributed by atoms with Crippen LogP contribution in [-0.4, -0.2) is 50.3 Å². The molecule has 0 amide bonds. The van der Waals surface area contributed by atoms with Gasteiger partial charge in [-0.3, -0.25) is 4.90 Å². The smallest absolute Gasteiger partial charge is 0.0594 e. The Kier molecular flexibility index (Phi) is 7.09. The van der Waals surface area contributed by atoms with E-state index in [2.05, 4.69) is 37.9 Å². The van der Waals surface area contributed by atoms with Crippen molar-refractivity contribution in [3.8, 4) is 0 Å². The quantitative estimate of drug-likeness (QED) is 0.691. The van der Waals surface area contributed by atoms with Crippen molar-refractivity contribution in [1.82, 2.24) is 10.2 Å². The molecule has 17 heavy (non-hydrogen) atoms. The summed E-state index contributed by atoms with van der Waals surface area (Å²) in [6.07, 6.45) is 1.27. The number of morpholine rings is 1. The van der Waals surface area contributed by atoms with Gasteiger partial charge in [0.05, 0.1) is 13.2 Å². The van der Waals surface area contributed by atoms with Gasteiger partial charge in [-0.1, -0.05) is 27.7 Å². The highest BCUT2D eigenvalue weighted by molar-refractivity contribution is 4.78. The number of nitrogens with one attached hydrogen (secondary N) is 1. The van der Waals surface area contributed by atoms with Gasteiger partial charge in [-0.2, -0.15) is 0 Å². The molecule has 1 rings (SSSR count). The molecular weight excluding hydrogens is 212 g/mol. The summed E-state index contributed by atoms with van der Waals surface area (Å²) in [6, 6.07) is 0.658. The van der Waals surface area contributed by atoms with Crippen LogP contribution in [0.25, 0.3) is 0 Å². The Morgan fingerprint density at radius 3 is 2.29 bits per heavy atom. The van der Waals surface area contributed by atoms with Gasteiger partial charge in [-0.05, 0) is 24.8 Å². The second kappa shape index (κ2) is 8.06. The number of hydrogen-bond donors (Lipinski definition) is 1. The molecule has 0 aromatic rings. The van der Waals surface area contributed by atoms with Crippen LogP contribution in [-0.2, 0) is 4.74 Å². The molecule has 102 valence electrons. The van der Waals surface area contributed by atoms with Gasteiger partial charge in [0.25, 0.3) is 0 Å². The molecular formula is C14H30N2O. The molecule has 0 saturated carbocycles. The predicted molar refractivity (Wildman–Crippen MR) is 73.3 cm³/mol. The van der Waals surface area contributed by atoms with Gasteiger partial charge >= 0.3 is 0 Å². The molecule has 1 aliphatic rings. The first-order valence-corrected chi connectivity index (χ1v) is 7.13. The van der Waals surface area contributed by atoms with Crippen LogP contribution in [0.15, 0.2) is 0 Å². The fraction of sp³-hybridized carbons (Fsp3) is 1.00. The molecule has 1 saturated heterocycles. The topological polar surface area (TPSA) is 24.5 Å². The molecule has 0 bridgehead atoms. The number of rotatable bonds is 7. The third-order valence-corrected chi connectivity index (χ3v) is 3.54. The average Bonchev–Trinajstić information content (AvgIpc) is 2.29. The van der Waals surface area contributed by atoms with Crippen LogP contribution in [0, 0.1) is 11.8 Å². The molecule has 0 radical (unpaired) electrons.